The highest BCUT2D eigenvalue weighted by molar-refractivity contribution is 5.97. The summed E-state index contributed by atoms with van der Waals surface area (Å²) in [6.07, 6.45) is 5.92. The minimum Gasteiger partial charge on any atom is -0.435 e. The summed E-state index contributed by atoms with van der Waals surface area (Å²) < 4.78 is 33.9. The van der Waals surface area contributed by atoms with Gasteiger partial charge in [-0.15, -0.1) is 0 Å². The lowest BCUT2D eigenvalue weighted by atomic mass is 10.0. The van der Waals surface area contributed by atoms with Gasteiger partial charge in [-0.05, 0) is 63.0 Å². The number of benzene rings is 2. The zero-order valence-electron chi connectivity index (χ0n) is 17.2. The number of hydrogen-bond acceptors (Lipinski definition) is 4. The lowest BCUT2D eigenvalue weighted by Gasteiger charge is -2.26. The molecule has 31 heavy (non-hydrogen) atoms. The summed E-state index contributed by atoms with van der Waals surface area (Å²) in [6, 6.07) is 11.0. The van der Waals surface area contributed by atoms with Crippen LogP contribution < -0.4 is 5.73 Å². The molecule has 3 aromatic rings. The van der Waals surface area contributed by atoms with Crippen molar-refractivity contribution in [1.29, 1.82) is 0 Å². The van der Waals surface area contributed by atoms with E-state index in [2.05, 4.69) is 9.88 Å². The van der Waals surface area contributed by atoms with Gasteiger partial charge in [-0.25, -0.2) is 13.8 Å². The van der Waals surface area contributed by atoms with Gasteiger partial charge in [0.15, 0.2) is 11.5 Å². The van der Waals surface area contributed by atoms with Crippen LogP contribution in [0.25, 0.3) is 22.8 Å². The molecule has 0 bridgehead atoms. The van der Waals surface area contributed by atoms with E-state index in [-0.39, 0.29) is 17.3 Å². The fourth-order valence-corrected chi connectivity index (χ4v) is 4.00. The number of rotatable bonds is 7. The lowest BCUT2D eigenvalue weighted by molar-refractivity contribution is 0.0996. The second kappa shape index (κ2) is 9.39. The molecule has 5 nitrogen and oxygen atoms in total. The molecule has 1 aliphatic rings. The van der Waals surface area contributed by atoms with E-state index in [0.29, 0.717) is 5.56 Å². The van der Waals surface area contributed by atoms with Crippen LogP contribution in [-0.4, -0.2) is 35.4 Å². The van der Waals surface area contributed by atoms with E-state index >= 15 is 0 Å². The van der Waals surface area contributed by atoms with Crippen LogP contribution in [-0.2, 0) is 6.42 Å². The molecule has 162 valence electrons. The highest BCUT2D eigenvalue weighted by Gasteiger charge is 2.24. The smallest absolute Gasteiger partial charge is 0.271 e. The molecule has 0 atom stereocenters. The maximum absolute atomic E-state index is 14.1. The summed E-state index contributed by atoms with van der Waals surface area (Å²) in [4.78, 5) is 18.4. The van der Waals surface area contributed by atoms with Crippen molar-refractivity contribution < 1.29 is 18.0 Å². The van der Waals surface area contributed by atoms with Crippen LogP contribution in [0.5, 0.6) is 0 Å². The summed E-state index contributed by atoms with van der Waals surface area (Å²) in [6.45, 7) is 3.46. The normalized spacial score (nSPS) is 14.6. The lowest BCUT2D eigenvalue weighted by Crippen LogP contribution is -2.30. The van der Waals surface area contributed by atoms with Gasteiger partial charge in [-0.3, -0.25) is 4.79 Å². The highest BCUT2D eigenvalue weighted by Crippen LogP contribution is 2.32. The molecule has 2 aromatic carbocycles. The van der Waals surface area contributed by atoms with Crippen molar-refractivity contribution in [3.63, 3.8) is 0 Å². The fourth-order valence-electron chi connectivity index (χ4n) is 4.00. The Hall–Kier alpha value is -3.06. The number of carbonyl (C=O) groups is 1. The SMILES string of the molecule is NC(=O)c1nc(-c2c(F)cccc2F)oc1-c1ccc(CCCN2CCCCC2)cc1. The molecule has 2 N–H and O–H groups in total. The van der Waals surface area contributed by atoms with Crippen LogP contribution in [0.4, 0.5) is 8.78 Å². The monoisotopic (exact) mass is 425 g/mol. The fraction of sp³-hybridized carbons (Fsp3) is 0.333. The highest BCUT2D eigenvalue weighted by atomic mass is 19.1. The number of aromatic nitrogens is 1. The Morgan fingerprint density at radius 2 is 1.71 bits per heavy atom. The van der Waals surface area contributed by atoms with Gasteiger partial charge in [0.1, 0.15) is 17.2 Å². The Balaban J connectivity index is 1.52. The number of likely N-dealkylation sites (tertiary alicyclic amines) is 1. The van der Waals surface area contributed by atoms with Crippen molar-refractivity contribution in [2.75, 3.05) is 19.6 Å². The van der Waals surface area contributed by atoms with Gasteiger partial charge in [0, 0.05) is 5.56 Å². The zero-order valence-corrected chi connectivity index (χ0v) is 17.2. The van der Waals surface area contributed by atoms with E-state index in [1.54, 1.807) is 0 Å². The molecule has 1 saturated heterocycles. The van der Waals surface area contributed by atoms with Crippen LogP contribution in [0, 0.1) is 11.6 Å². The average Bonchev–Trinajstić information content (AvgIpc) is 3.20. The molecule has 4 rings (SSSR count). The second-order valence-corrected chi connectivity index (χ2v) is 7.86. The minimum atomic E-state index is -0.827. The molecule has 0 saturated carbocycles. The maximum Gasteiger partial charge on any atom is 0.271 e. The number of hydrogen-bond donors (Lipinski definition) is 1. The molecule has 2 heterocycles. The molecular weight excluding hydrogens is 400 g/mol. The van der Waals surface area contributed by atoms with Crippen molar-refractivity contribution >= 4 is 5.91 Å². The Labute approximate surface area is 179 Å². The number of carbonyl (C=O) groups excluding carboxylic acids is 1. The van der Waals surface area contributed by atoms with E-state index in [1.807, 2.05) is 24.3 Å². The van der Waals surface area contributed by atoms with Crippen LogP contribution in [0.3, 0.4) is 0 Å². The third kappa shape index (κ3) is 4.82. The number of halogens is 2. The van der Waals surface area contributed by atoms with Gasteiger partial charge in [0.25, 0.3) is 5.91 Å². The van der Waals surface area contributed by atoms with Crippen molar-refractivity contribution in [3.8, 4) is 22.8 Å². The number of nitrogens with two attached hydrogens (primary N) is 1. The molecule has 0 spiro atoms. The van der Waals surface area contributed by atoms with Gasteiger partial charge < -0.3 is 15.1 Å². The van der Waals surface area contributed by atoms with Crippen LogP contribution in [0.1, 0.15) is 41.7 Å². The minimum absolute atomic E-state index is 0.102. The molecule has 0 radical (unpaired) electrons. The predicted molar refractivity (Wildman–Crippen MR) is 114 cm³/mol. The molecular formula is C24H25F2N3O2. The molecule has 1 fully saturated rings. The Morgan fingerprint density at radius 3 is 2.35 bits per heavy atom. The number of nitrogens with zero attached hydrogens (tertiary/aromatic N) is 2. The Bertz CT molecular complexity index is 1040. The predicted octanol–water partition coefficient (Wildman–Crippen LogP) is 4.80. The average molecular weight is 425 g/mol. The summed E-state index contributed by atoms with van der Waals surface area (Å²) in [5.41, 5.74) is 6.59. The second-order valence-electron chi connectivity index (χ2n) is 7.86. The first-order valence-corrected chi connectivity index (χ1v) is 10.6. The van der Waals surface area contributed by atoms with E-state index in [0.717, 1.165) is 31.5 Å². The number of oxazole rings is 1. The molecule has 0 aliphatic carbocycles. The summed E-state index contributed by atoms with van der Waals surface area (Å²) in [5, 5.41) is 0. The summed E-state index contributed by atoms with van der Waals surface area (Å²) in [5.74, 6) is -2.69. The van der Waals surface area contributed by atoms with E-state index in [1.165, 1.54) is 44.0 Å². The van der Waals surface area contributed by atoms with Gasteiger partial charge in [0.2, 0.25) is 5.89 Å². The Kier molecular flexibility index (Phi) is 6.42. The number of aryl methyl sites for hydroxylation is 1. The molecule has 0 unspecified atom stereocenters. The molecule has 1 aliphatic heterocycles. The van der Waals surface area contributed by atoms with Crippen molar-refractivity contribution in [2.24, 2.45) is 5.73 Å². The number of piperidine rings is 1. The van der Waals surface area contributed by atoms with Crippen molar-refractivity contribution in [1.82, 2.24) is 9.88 Å². The first-order valence-electron chi connectivity index (χ1n) is 10.6. The van der Waals surface area contributed by atoms with Gasteiger partial charge in [0.05, 0.1) is 0 Å². The summed E-state index contributed by atoms with van der Waals surface area (Å²) in [7, 11) is 0. The van der Waals surface area contributed by atoms with Gasteiger partial charge in [-0.1, -0.05) is 36.8 Å². The maximum atomic E-state index is 14.1. The number of amides is 1. The van der Waals surface area contributed by atoms with Crippen LogP contribution >= 0.6 is 0 Å². The zero-order chi connectivity index (χ0) is 21.8. The Morgan fingerprint density at radius 1 is 1.03 bits per heavy atom. The van der Waals surface area contributed by atoms with Crippen LogP contribution in [0.2, 0.25) is 0 Å². The van der Waals surface area contributed by atoms with E-state index < -0.39 is 23.1 Å². The van der Waals surface area contributed by atoms with Crippen LogP contribution in [0.15, 0.2) is 46.9 Å². The standard InChI is InChI=1S/C24H25F2N3O2/c25-18-7-4-8-19(26)20(18)24-28-21(23(27)30)22(31-24)17-11-9-16(10-12-17)6-5-15-29-13-2-1-3-14-29/h4,7-12H,1-3,5-6,13-15H2,(H2,27,30). The van der Waals surface area contributed by atoms with E-state index in [9.17, 15) is 13.6 Å². The van der Waals surface area contributed by atoms with Gasteiger partial charge in [-0.2, -0.15) is 0 Å². The molecule has 7 heteroatoms. The number of primary amides is 1. The largest absolute Gasteiger partial charge is 0.435 e. The van der Waals surface area contributed by atoms with Crippen molar-refractivity contribution in [2.45, 2.75) is 32.1 Å². The first-order chi connectivity index (χ1) is 15.0. The van der Waals surface area contributed by atoms with Crippen molar-refractivity contribution in [3.05, 3.63) is 65.4 Å². The first kappa shape index (κ1) is 21.2. The quantitative estimate of drug-likeness (QED) is 0.590. The topological polar surface area (TPSA) is 72.4 Å². The third-order valence-corrected chi connectivity index (χ3v) is 5.64. The molecule has 1 amide bonds. The van der Waals surface area contributed by atoms with Gasteiger partial charge >= 0.3 is 0 Å². The summed E-state index contributed by atoms with van der Waals surface area (Å²) >= 11 is 0. The third-order valence-electron chi connectivity index (χ3n) is 5.64. The van der Waals surface area contributed by atoms with E-state index in [4.69, 9.17) is 10.2 Å². The molecule has 1 aromatic heterocycles.